The second-order valence-corrected chi connectivity index (χ2v) is 5.33. The van der Waals surface area contributed by atoms with Gasteiger partial charge in [-0.3, -0.25) is 4.79 Å². The lowest BCUT2D eigenvalue weighted by atomic mass is 10.1. The Labute approximate surface area is 121 Å². The summed E-state index contributed by atoms with van der Waals surface area (Å²) in [5, 5.41) is 2.88. The Morgan fingerprint density at radius 2 is 1.95 bits per heavy atom. The topological polar surface area (TPSA) is 55.1 Å². The maximum atomic E-state index is 12.3. The third-order valence-electron chi connectivity index (χ3n) is 2.90. The first kappa shape index (κ1) is 13.6. The number of amides is 1. The van der Waals surface area contributed by atoms with Gasteiger partial charge >= 0.3 is 0 Å². The number of halogens is 1. The summed E-state index contributed by atoms with van der Waals surface area (Å²) in [5.74, 6) is -0.193. The Hall–Kier alpha value is -1.81. The van der Waals surface area contributed by atoms with Crippen LogP contribution in [0.15, 0.2) is 40.9 Å². The van der Waals surface area contributed by atoms with E-state index in [0.717, 1.165) is 21.3 Å². The minimum atomic E-state index is -0.193. The van der Waals surface area contributed by atoms with Crippen molar-refractivity contribution in [1.82, 2.24) is 0 Å². The summed E-state index contributed by atoms with van der Waals surface area (Å²) in [7, 11) is 0. The van der Waals surface area contributed by atoms with Gasteiger partial charge in [-0.1, -0.05) is 18.2 Å². The molecule has 98 valence electrons. The van der Waals surface area contributed by atoms with Crippen LogP contribution in [0.5, 0.6) is 0 Å². The number of rotatable bonds is 2. The number of benzene rings is 2. The molecule has 1 amide bonds. The second-order valence-electron chi connectivity index (χ2n) is 4.48. The predicted molar refractivity (Wildman–Crippen MR) is 82.4 cm³/mol. The zero-order valence-electron chi connectivity index (χ0n) is 10.8. The molecule has 0 heterocycles. The number of hydrogen-bond acceptors (Lipinski definition) is 2. The summed E-state index contributed by atoms with van der Waals surface area (Å²) in [4.78, 5) is 12.3. The highest BCUT2D eigenvalue weighted by atomic mass is 79.9. The van der Waals surface area contributed by atoms with E-state index in [1.165, 1.54) is 0 Å². The molecule has 2 aromatic carbocycles. The maximum Gasteiger partial charge on any atom is 0.258 e. The van der Waals surface area contributed by atoms with Crippen LogP contribution in [0.4, 0.5) is 11.4 Å². The van der Waals surface area contributed by atoms with Crippen molar-refractivity contribution in [1.29, 1.82) is 0 Å². The van der Waals surface area contributed by atoms with Crippen LogP contribution in [0.1, 0.15) is 21.5 Å². The zero-order chi connectivity index (χ0) is 14.0. The van der Waals surface area contributed by atoms with E-state index in [9.17, 15) is 4.79 Å². The number of carbonyl (C=O) groups excluding carboxylic acids is 1. The lowest BCUT2D eigenvalue weighted by molar-refractivity contribution is 0.102. The van der Waals surface area contributed by atoms with Crippen LogP contribution in [-0.2, 0) is 0 Å². The van der Waals surface area contributed by atoms with Crippen LogP contribution in [0.2, 0.25) is 0 Å². The summed E-state index contributed by atoms with van der Waals surface area (Å²) in [6, 6.07) is 11.2. The number of aryl methyl sites for hydroxylation is 2. The standard InChI is InChI=1S/C15H15BrN2O/c1-9-6-7-11(16)13(8-9)18-15(19)14-10(2)4-3-5-12(14)17/h3-8H,17H2,1-2H3,(H,18,19). The Morgan fingerprint density at radius 3 is 2.63 bits per heavy atom. The molecule has 19 heavy (non-hydrogen) atoms. The van der Waals surface area contributed by atoms with E-state index in [0.29, 0.717) is 11.3 Å². The molecule has 0 aliphatic carbocycles. The van der Waals surface area contributed by atoms with Gasteiger partial charge in [-0.05, 0) is 59.1 Å². The third kappa shape index (κ3) is 2.96. The van der Waals surface area contributed by atoms with E-state index in [4.69, 9.17) is 5.73 Å². The monoisotopic (exact) mass is 318 g/mol. The molecule has 2 aromatic rings. The first-order chi connectivity index (χ1) is 8.99. The Balaban J connectivity index is 2.34. The van der Waals surface area contributed by atoms with Gasteiger partial charge in [0.1, 0.15) is 0 Å². The van der Waals surface area contributed by atoms with Crippen LogP contribution in [-0.4, -0.2) is 5.91 Å². The molecule has 0 saturated heterocycles. The summed E-state index contributed by atoms with van der Waals surface area (Å²) in [6.45, 7) is 3.85. The average Bonchev–Trinajstić information content (AvgIpc) is 2.33. The number of nitrogen functional groups attached to an aromatic ring is 1. The van der Waals surface area contributed by atoms with Crippen molar-refractivity contribution >= 4 is 33.2 Å². The van der Waals surface area contributed by atoms with Crippen LogP contribution in [0.3, 0.4) is 0 Å². The normalized spacial score (nSPS) is 10.3. The van der Waals surface area contributed by atoms with Gasteiger partial charge in [-0.2, -0.15) is 0 Å². The summed E-state index contributed by atoms with van der Waals surface area (Å²) < 4.78 is 0.846. The summed E-state index contributed by atoms with van der Waals surface area (Å²) >= 11 is 3.42. The fourth-order valence-corrected chi connectivity index (χ4v) is 2.27. The van der Waals surface area contributed by atoms with Crippen molar-refractivity contribution in [2.45, 2.75) is 13.8 Å². The molecule has 0 aromatic heterocycles. The molecule has 4 heteroatoms. The lowest BCUT2D eigenvalue weighted by Crippen LogP contribution is -2.16. The van der Waals surface area contributed by atoms with Gasteiger partial charge in [0.2, 0.25) is 0 Å². The van der Waals surface area contributed by atoms with Crippen molar-refractivity contribution in [3.05, 3.63) is 57.6 Å². The van der Waals surface area contributed by atoms with Gasteiger partial charge in [0.25, 0.3) is 5.91 Å². The molecule has 0 aliphatic rings. The highest BCUT2D eigenvalue weighted by Crippen LogP contribution is 2.25. The van der Waals surface area contributed by atoms with Crippen LogP contribution in [0.25, 0.3) is 0 Å². The SMILES string of the molecule is Cc1ccc(Br)c(NC(=O)c2c(C)cccc2N)c1. The fraction of sp³-hybridized carbons (Fsp3) is 0.133. The highest BCUT2D eigenvalue weighted by molar-refractivity contribution is 9.10. The lowest BCUT2D eigenvalue weighted by Gasteiger charge is -2.11. The van der Waals surface area contributed by atoms with Gasteiger partial charge < -0.3 is 11.1 Å². The molecular weight excluding hydrogens is 304 g/mol. The van der Waals surface area contributed by atoms with Crippen LogP contribution < -0.4 is 11.1 Å². The zero-order valence-corrected chi connectivity index (χ0v) is 12.4. The van der Waals surface area contributed by atoms with Crippen molar-refractivity contribution in [2.24, 2.45) is 0 Å². The summed E-state index contributed by atoms with van der Waals surface area (Å²) in [5.41, 5.74) is 9.57. The van der Waals surface area contributed by atoms with Gasteiger partial charge in [0.05, 0.1) is 11.3 Å². The van der Waals surface area contributed by atoms with Gasteiger partial charge in [0, 0.05) is 10.2 Å². The van der Waals surface area contributed by atoms with Gasteiger partial charge in [-0.15, -0.1) is 0 Å². The molecule has 0 spiro atoms. The molecule has 0 unspecified atom stereocenters. The van der Waals surface area contributed by atoms with Crippen LogP contribution in [0, 0.1) is 13.8 Å². The molecule has 0 bridgehead atoms. The molecule has 0 fully saturated rings. The van der Waals surface area contributed by atoms with Crippen molar-refractivity contribution in [2.75, 3.05) is 11.1 Å². The molecule has 3 N–H and O–H groups in total. The predicted octanol–water partition coefficient (Wildman–Crippen LogP) is 3.90. The molecule has 3 nitrogen and oxygen atoms in total. The Morgan fingerprint density at radius 1 is 1.21 bits per heavy atom. The third-order valence-corrected chi connectivity index (χ3v) is 3.59. The summed E-state index contributed by atoms with van der Waals surface area (Å²) in [6.07, 6.45) is 0. The van der Waals surface area contributed by atoms with Crippen LogP contribution >= 0.6 is 15.9 Å². The van der Waals surface area contributed by atoms with E-state index in [2.05, 4.69) is 21.2 Å². The van der Waals surface area contributed by atoms with E-state index in [1.54, 1.807) is 6.07 Å². The van der Waals surface area contributed by atoms with E-state index in [1.807, 2.05) is 44.2 Å². The fourth-order valence-electron chi connectivity index (χ4n) is 1.92. The smallest absolute Gasteiger partial charge is 0.258 e. The second kappa shape index (κ2) is 5.45. The van der Waals surface area contributed by atoms with Gasteiger partial charge in [-0.25, -0.2) is 0 Å². The van der Waals surface area contributed by atoms with Gasteiger partial charge in [0.15, 0.2) is 0 Å². The van der Waals surface area contributed by atoms with Crippen molar-refractivity contribution < 1.29 is 4.79 Å². The number of nitrogens with one attached hydrogen (secondary N) is 1. The highest BCUT2D eigenvalue weighted by Gasteiger charge is 2.13. The number of nitrogens with two attached hydrogens (primary N) is 1. The minimum Gasteiger partial charge on any atom is -0.398 e. The molecule has 2 rings (SSSR count). The minimum absolute atomic E-state index is 0.193. The number of anilines is 2. The molecule has 0 atom stereocenters. The first-order valence-corrected chi connectivity index (χ1v) is 6.71. The quantitative estimate of drug-likeness (QED) is 0.825. The van der Waals surface area contributed by atoms with E-state index >= 15 is 0 Å². The molecule has 0 radical (unpaired) electrons. The number of hydrogen-bond donors (Lipinski definition) is 2. The molecule has 0 saturated carbocycles. The largest absolute Gasteiger partial charge is 0.398 e. The van der Waals surface area contributed by atoms with Crippen molar-refractivity contribution in [3.8, 4) is 0 Å². The van der Waals surface area contributed by atoms with E-state index in [-0.39, 0.29) is 5.91 Å². The van der Waals surface area contributed by atoms with E-state index < -0.39 is 0 Å². The first-order valence-electron chi connectivity index (χ1n) is 5.91. The Bertz CT molecular complexity index is 618. The molecular formula is C15H15BrN2O. The van der Waals surface area contributed by atoms with Crippen molar-refractivity contribution in [3.63, 3.8) is 0 Å². The maximum absolute atomic E-state index is 12.3. The number of carbonyl (C=O) groups is 1. The molecule has 0 aliphatic heterocycles. The average molecular weight is 319 g/mol. The Kier molecular flexibility index (Phi) is 3.90.